The van der Waals surface area contributed by atoms with Crippen molar-refractivity contribution in [3.63, 3.8) is 0 Å². The molecular weight excluding hydrogens is 386 g/mol. The molecule has 0 spiro atoms. The molecule has 6 nitrogen and oxygen atoms in total. The van der Waals surface area contributed by atoms with Gasteiger partial charge in [0.15, 0.2) is 0 Å². The first kappa shape index (κ1) is 19.8. The molecule has 1 saturated heterocycles. The maximum atomic E-state index is 12.9. The number of carbonyl (C=O) groups excluding carboxylic acids is 1. The number of hydrogen-bond acceptors (Lipinski definition) is 4. The molecular formula is C19H22ClN3O3S. The maximum absolute atomic E-state index is 12.9. The minimum Gasteiger partial charge on any atom is -0.322 e. The highest BCUT2D eigenvalue weighted by atomic mass is 35.5. The summed E-state index contributed by atoms with van der Waals surface area (Å²) in [5.74, 6) is -0.384. The van der Waals surface area contributed by atoms with Crippen LogP contribution in [0.25, 0.3) is 0 Å². The number of rotatable bonds is 4. The molecule has 0 aromatic heterocycles. The average Bonchev–Trinajstić information content (AvgIpc) is 2.65. The average molecular weight is 408 g/mol. The molecule has 0 bridgehead atoms. The molecule has 1 aliphatic heterocycles. The molecule has 2 aromatic rings. The number of anilines is 1. The number of hydrogen-bond donors (Lipinski definition) is 1. The highest BCUT2D eigenvalue weighted by molar-refractivity contribution is 7.89. The summed E-state index contributed by atoms with van der Waals surface area (Å²) in [6, 6.07) is 11.3. The second-order valence-electron chi connectivity index (χ2n) is 6.65. The van der Waals surface area contributed by atoms with Crippen molar-refractivity contribution >= 4 is 33.2 Å². The molecule has 8 heteroatoms. The van der Waals surface area contributed by atoms with Gasteiger partial charge in [-0.3, -0.25) is 4.79 Å². The molecule has 0 saturated carbocycles. The molecule has 0 unspecified atom stereocenters. The lowest BCUT2D eigenvalue weighted by Gasteiger charge is -2.31. The normalized spacial score (nSPS) is 16.3. The Morgan fingerprint density at radius 3 is 2.44 bits per heavy atom. The molecule has 1 amide bonds. The van der Waals surface area contributed by atoms with Crippen LogP contribution in [0.1, 0.15) is 15.9 Å². The fraction of sp³-hybridized carbons (Fsp3) is 0.316. The number of benzene rings is 2. The summed E-state index contributed by atoms with van der Waals surface area (Å²) in [6.45, 7) is 4.13. The Morgan fingerprint density at radius 1 is 1.07 bits per heavy atom. The van der Waals surface area contributed by atoms with Crippen molar-refractivity contribution < 1.29 is 13.2 Å². The van der Waals surface area contributed by atoms with Crippen LogP contribution in [0.2, 0.25) is 5.02 Å². The smallest absolute Gasteiger partial charge is 0.255 e. The van der Waals surface area contributed by atoms with Crippen LogP contribution in [-0.4, -0.2) is 56.8 Å². The van der Waals surface area contributed by atoms with E-state index in [2.05, 4.69) is 10.2 Å². The topological polar surface area (TPSA) is 69.7 Å². The van der Waals surface area contributed by atoms with E-state index in [0.717, 1.165) is 5.56 Å². The van der Waals surface area contributed by atoms with Gasteiger partial charge in [-0.2, -0.15) is 4.31 Å². The third kappa shape index (κ3) is 4.50. The molecule has 0 radical (unpaired) electrons. The number of carbonyl (C=O) groups is 1. The zero-order chi connectivity index (χ0) is 19.6. The SMILES string of the molecule is Cc1ccc(NC(=O)c2cccc(S(=O)(=O)N3CCN(C)CC3)c2)cc1Cl. The van der Waals surface area contributed by atoms with Crippen molar-refractivity contribution in [2.75, 3.05) is 38.5 Å². The molecule has 1 N–H and O–H groups in total. The molecule has 2 aromatic carbocycles. The first-order valence-corrected chi connectivity index (χ1v) is 10.5. The minimum absolute atomic E-state index is 0.127. The van der Waals surface area contributed by atoms with E-state index >= 15 is 0 Å². The van der Waals surface area contributed by atoms with Crippen LogP contribution in [0.3, 0.4) is 0 Å². The Kier molecular flexibility index (Phi) is 5.86. The fourth-order valence-corrected chi connectivity index (χ4v) is 4.50. The van der Waals surface area contributed by atoms with E-state index in [-0.39, 0.29) is 16.4 Å². The molecule has 27 heavy (non-hydrogen) atoms. The monoisotopic (exact) mass is 407 g/mol. The van der Waals surface area contributed by atoms with Gasteiger partial charge in [-0.05, 0) is 49.9 Å². The largest absolute Gasteiger partial charge is 0.322 e. The first-order chi connectivity index (χ1) is 12.8. The standard InChI is InChI=1S/C19H22ClN3O3S/c1-14-6-7-16(13-18(14)20)21-19(24)15-4-3-5-17(12-15)27(25,26)23-10-8-22(2)9-11-23/h3-7,12-13H,8-11H2,1-2H3,(H,21,24). The third-order valence-corrected chi connectivity index (χ3v) is 6.93. The molecule has 144 valence electrons. The van der Waals surface area contributed by atoms with E-state index in [9.17, 15) is 13.2 Å². The maximum Gasteiger partial charge on any atom is 0.255 e. The highest BCUT2D eigenvalue weighted by Gasteiger charge is 2.27. The Bertz CT molecular complexity index is 954. The summed E-state index contributed by atoms with van der Waals surface area (Å²) < 4.78 is 27.2. The highest BCUT2D eigenvalue weighted by Crippen LogP contribution is 2.22. The molecule has 0 atom stereocenters. The summed E-state index contributed by atoms with van der Waals surface area (Å²) in [7, 11) is -1.66. The van der Waals surface area contributed by atoms with Crippen molar-refractivity contribution in [3.05, 3.63) is 58.6 Å². The number of nitrogens with zero attached hydrogens (tertiary/aromatic N) is 2. The summed E-state index contributed by atoms with van der Waals surface area (Å²) in [5, 5.41) is 3.31. The van der Waals surface area contributed by atoms with Crippen LogP contribution in [-0.2, 0) is 10.0 Å². The number of aryl methyl sites for hydroxylation is 1. The van der Waals surface area contributed by atoms with Gasteiger partial charge in [0.05, 0.1) is 4.90 Å². The zero-order valence-electron chi connectivity index (χ0n) is 15.3. The molecule has 1 heterocycles. The van der Waals surface area contributed by atoms with Crippen molar-refractivity contribution in [2.45, 2.75) is 11.8 Å². The molecule has 1 aliphatic rings. The number of sulfonamides is 1. The van der Waals surface area contributed by atoms with Crippen LogP contribution in [0.5, 0.6) is 0 Å². The van der Waals surface area contributed by atoms with Crippen LogP contribution in [0.4, 0.5) is 5.69 Å². The van der Waals surface area contributed by atoms with Crippen molar-refractivity contribution in [1.29, 1.82) is 0 Å². The number of piperazine rings is 1. The third-order valence-electron chi connectivity index (χ3n) is 4.63. The van der Waals surface area contributed by atoms with Gasteiger partial charge in [0.25, 0.3) is 5.91 Å². The summed E-state index contributed by atoms with van der Waals surface area (Å²) in [5.41, 5.74) is 1.75. The fourth-order valence-electron chi connectivity index (χ4n) is 2.85. The second-order valence-corrected chi connectivity index (χ2v) is 9.00. The number of nitrogens with one attached hydrogen (secondary N) is 1. The molecule has 3 rings (SSSR count). The van der Waals surface area contributed by atoms with Gasteiger partial charge in [0.1, 0.15) is 0 Å². The Morgan fingerprint density at radius 2 is 1.78 bits per heavy atom. The Labute approximate surface area is 164 Å². The van der Waals surface area contributed by atoms with Crippen LogP contribution in [0, 0.1) is 6.92 Å². The van der Waals surface area contributed by atoms with Gasteiger partial charge in [0.2, 0.25) is 10.0 Å². The van der Waals surface area contributed by atoms with E-state index in [4.69, 9.17) is 11.6 Å². The van der Waals surface area contributed by atoms with Crippen molar-refractivity contribution in [3.8, 4) is 0 Å². The predicted octanol–water partition coefficient (Wildman–Crippen LogP) is 2.84. The second kappa shape index (κ2) is 7.98. The molecule has 1 fully saturated rings. The lowest BCUT2D eigenvalue weighted by atomic mass is 10.2. The lowest BCUT2D eigenvalue weighted by Crippen LogP contribution is -2.47. The molecule has 0 aliphatic carbocycles. The van der Waals surface area contributed by atoms with Gasteiger partial charge in [-0.25, -0.2) is 8.42 Å². The minimum atomic E-state index is -3.62. The van der Waals surface area contributed by atoms with E-state index in [1.54, 1.807) is 24.3 Å². The van der Waals surface area contributed by atoms with Crippen LogP contribution < -0.4 is 5.32 Å². The Balaban J connectivity index is 1.80. The summed E-state index contributed by atoms with van der Waals surface area (Å²) in [6.07, 6.45) is 0. The van der Waals surface area contributed by atoms with E-state index in [1.807, 2.05) is 20.0 Å². The number of amides is 1. The van der Waals surface area contributed by atoms with E-state index < -0.39 is 10.0 Å². The van der Waals surface area contributed by atoms with Gasteiger partial charge in [0, 0.05) is 42.5 Å². The van der Waals surface area contributed by atoms with Crippen LogP contribution in [0.15, 0.2) is 47.4 Å². The van der Waals surface area contributed by atoms with Gasteiger partial charge < -0.3 is 10.2 Å². The van der Waals surface area contributed by atoms with E-state index in [1.165, 1.54) is 16.4 Å². The van der Waals surface area contributed by atoms with Crippen molar-refractivity contribution in [2.24, 2.45) is 0 Å². The number of likely N-dealkylation sites (N-methyl/N-ethyl adjacent to an activating group) is 1. The number of halogens is 1. The summed E-state index contributed by atoms with van der Waals surface area (Å²) in [4.78, 5) is 14.8. The zero-order valence-corrected chi connectivity index (χ0v) is 16.8. The quantitative estimate of drug-likeness (QED) is 0.846. The van der Waals surface area contributed by atoms with Gasteiger partial charge in [-0.15, -0.1) is 0 Å². The van der Waals surface area contributed by atoms with Gasteiger partial charge in [-0.1, -0.05) is 23.7 Å². The van der Waals surface area contributed by atoms with Crippen LogP contribution >= 0.6 is 11.6 Å². The Hall–Kier alpha value is -1.93. The van der Waals surface area contributed by atoms with Gasteiger partial charge >= 0.3 is 0 Å². The predicted molar refractivity (Wildman–Crippen MR) is 107 cm³/mol. The summed E-state index contributed by atoms with van der Waals surface area (Å²) >= 11 is 6.09. The van der Waals surface area contributed by atoms with Crippen molar-refractivity contribution in [1.82, 2.24) is 9.21 Å². The lowest BCUT2D eigenvalue weighted by molar-refractivity contribution is 0.102. The first-order valence-electron chi connectivity index (χ1n) is 8.63. The van der Waals surface area contributed by atoms with E-state index in [0.29, 0.717) is 36.9 Å².